The van der Waals surface area contributed by atoms with Crippen molar-refractivity contribution in [1.29, 1.82) is 5.26 Å². The Kier molecular flexibility index (Phi) is 4.73. The number of hydrogen-bond acceptors (Lipinski definition) is 3. The summed E-state index contributed by atoms with van der Waals surface area (Å²) >= 11 is 5.84. The van der Waals surface area contributed by atoms with E-state index in [2.05, 4.69) is 5.32 Å². The second-order valence-corrected chi connectivity index (χ2v) is 5.25. The summed E-state index contributed by atoms with van der Waals surface area (Å²) in [6.45, 7) is 5.05. The molecule has 0 heterocycles. The SMILES string of the molecule is CC(C)(C)OC(=O)NC(C#N)c1c(F)cccc1Cl. The van der Waals surface area contributed by atoms with Gasteiger partial charge in [-0.1, -0.05) is 17.7 Å². The number of carbonyl (C=O) groups is 1. The number of alkyl carbamates (subject to hydrolysis) is 1. The predicted molar refractivity (Wildman–Crippen MR) is 69.1 cm³/mol. The molecular formula is C13H14ClFN2O2. The number of benzene rings is 1. The molecule has 0 aliphatic heterocycles. The van der Waals surface area contributed by atoms with Crippen molar-refractivity contribution < 1.29 is 13.9 Å². The first kappa shape index (κ1) is 15.3. The molecule has 0 spiro atoms. The smallest absolute Gasteiger partial charge is 0.408 e. The lowest BCUT2D eigenvalue weighted by Crippen LogP contribution is -2.34. The highest BCUT2D eigenvalue weighted by atomic mass is 35.5. The molecule has 0 aliphatic rings. The van der Waals surface area contributed by atoms with Gasteiger partial charge in [0, 0.05) is 10.6 Å². The van der Waals surface area contributed by atoms with E-state index in [1.165, 1.54) is 18.2 Å². The number of amides is 1. The van der Waals surface area contributed by atoms with Crippen LogP contribution in [0, 0.1) is 17.1 Å². The van der Waals surface area contributed by atoms with E-state index in [0.717, 1.165) is 0 Å². The normalized spacial score (nSPS) is 12.4. The number of ether oxygens (including phenoxy) is 1. The standard InChI is InChI=1S/C13H14ClFN2O2/c1-13(2,3)19-12(18)17-10(7-16)11-8(14)5-4-6-9(11)15/h4-6,10H,1-3H3,(H,17,18). The van der Waals surface area contributed by atoms with Gasteiger partial charge in [0.05, 0.1) is 6.07 Å². The molecule has 102 valence electrons. The molecule has 1 atom stereocenters. The van der Waals surface area contributed by atoms with Gasteiger partial charge in [0.2, 0.25) is 0 Å². The van der Waals surface area contributed by atoms with E-state index < -0.39 is 23.6 Å². The van der Waals surface area contributed by atoms with Crippen LogP contribution in [0.25, 0.3) is 0 Å². The highest BCUT2D eigenvalue weighted by Crippen LogP contribution is 2.25. The number of carbonyl (C=O) groups excluding carboxylic acids is 1. The van der Waals surface area contributed by atoms with Crippen molar-refractivity contribution in [2.45, 2.75) is 32.4 Å². The molecule has 0 saturated heterocycles. The third-order valence-electron chi connectivity index (χ3n) is 2.08. The summed E-state index contributed by atoms with van der Waals surface area (Å²) in [7, 11) is 0. The third-order valence-corrected chi connectivity index (χ3v) is 2.41. The van der Waals surface area contributed by atoms with Crippen molar-refractivity contribution in [1.82, 2.24) is 5.32 Å². The topological polar surface area (TPSA) is 62.1 Å². The van der Waals surface area contributed by atoms with Gasteiger partial charge in [-0.15, -0.1) is 0 Å². The molecular weight excluding hydrogens is 271 g/mol. The summed E-state index contributed by atoms with van der Waals surface area (Å²) in [6, 6.07) is 4.61. The zero-order chi connectivity index (χ0) is 14.6. The third kappa shape index (κ3) is 4.42. The van der Waals surface area contributed by atoms with Gasteiger partial charge in [0.25, 0.3) is 0 Å². The summed E-state index contributed by atoms with van der Waals surface area (Å²) < 4.78 is 18.7. The summed E-state index contributed by atoms with van der Waals surface area (Å²) in [6.07, 6.45) is -0.807. The lowest BCUT2D eigenvalue weighted by molar-refractivity contribution is 0.0515. The van der Waals surface area contributed by atoms with Crippen molar-refractivity contribution in [3.63, 3.8) is 0 Å². The Morgan fingerprint density at radius 3 is 2.63 bits per heavy atom. The van der Waals surface area contributed by atoms with Gasteiger partial charge >= 0.3 is 6.09 Å². The van der Waals surface area contributed by atoms with Crippen LogP contribution in [-0.4, -0.2) is 11.7 Å². The van der Waals surface area contributed by atoms with Gasteiger partial charge in [0.15, 0.2) is 0 Å². The van der Waals surface area contributed by atoms with E-state index in [4.69, 9.17) is 21.6 Å². The minimum Gasteiger partial charge on any atom is -0.444 e. The molecule has 0 saturated carbocycles. The molecule has 0 fully saturated rings. The van der Waals surface area contributed by atoms with E-state index >= 15 is 0 Å². The molecule has 1 aromatic carbocycles. The highest BCUT2D eigenvalue weighted by molar-refractivity contribution is 6.31. The van der Waals surface area contributed by atoms with Gasteiger partial charge in [-0.3, -0.25) is 0 Å². The van der Waals surface area contributed by atoms with Crippen molar-refractivity contribution in [2.24, 2.45) is 0 Å². The van der Waals surface area contributed by atoms with Crippen LogP contribution in [-0.2, 0) is 4.74 Å². The molecule has 0 aliphatic carbocycles. The molecule has 6 heteroatoms. The quantitative estimate of drug-likeness (QED) is 0.903. The van der Waals surface area contributed by atoms with Crippen molar-refractivity contribution >= 4 is 17.7 Å². The van der Waals surface area contributed by atoms with Crippen LogP contribution in [0.5, 0.6) is 0 Å². The first-order valence-corrected chi connectivity index (χ1v) is 5.95. The zero-order valence-electron chi connectivity index (χ0n) is 10.8. The number of nitrogens with one attached hydrogen (secondary N) is 1. The maximum absolute atomic E-state index is 13.6. The van der Waals surface area contributed by atoms with Crippen LogP contribution >= 0.6 is 11.6 Å². The van der Waals surface area contributed by atoms with Crippen molar-refractivity contribution in [2.75, 3.05) is 0 Å². The fraction of sp³-hybridized carbons (Fsp3) is 0.385. The molecule has 0 bridgehead atoms. The average molecular weight is 285 g/mol. The molecule has 19 heavy (non-hydrogen) atoms. The van der Waals surface area contributed by atoms with Crippen LogP contribution in [0.3, 0.4) is 0 Å². The zero-order valence-corrected chi connectivity index (χ0v) is 11.6. The number of halogens is 2. The summed E-state index contributed by atoms with van der Waals surface area (Å²) in [4.78, 5) is 11.6. The monoisotopic (exact) mass is 284 g/mol. The molecule has 0 aromatic heterocycles. The molecule has 1 amide bonds. The Labute approximate surface area is 116 Å². The largest absolute Gasteiger partial charge is 0.444 e. The van der Waals surface area contributed by atoms with Crippen LogP contribution in [0.2, 0.25) is 5.02 Å². The Balaban J connectivity index is 2.92. The minimum atomic E-state index is -1.21. The number of nitrogens with zero attached hydrogens (tertiary/aromatic N) is 1. The van der Waals surface area contributed by atoms with Gasteiger partial charge in [0.1, 0.15) is 17.5 Å². The van der Waals surface area contributed by atoms with E-state index in [0.29, 0.717) is 0 Å². The van der Waals surface area contributed by atoms with E-state index in [1.54, 1.807) is 26.8 Å². The summed E-state index contributed by atoms with van der Waals surface area (Å²) in [5.74, 6) is -0.657. The van der Waals surface area contributed by atoms with E-state index in [-0.39, 0.29) is 10.6 Å². The molecule has 4 nitrogen and oxygen atoms in total. The number of nitriles is 1. The lowest BCUT2D eigenvalue weighted by Gasteiger charge is -2.21. The van der Waals surface area contributed by atoms with Gasteiger partial charge in [-0.05, 0) is 32.9 Å². The van der Waals surface area contributed by atoms with E-state index in [9.17, 15) is 9.18 Å². The maximum atomic E-state index is 13.6. The highest BCUT2D eigenvalue weighted by Gasteiger charge is 2.23. The van der Waals surface area contributed by atoms with Gasteiger partial charge in [-0.2, -0.15) is 5.26 Å². The Morgan fingerprint density at radius 1 is 1.53 bits per heavy atom. The molecule has 0 radical (unpaired) electrons. The summed E-state index contributed by atoms with van der Waals surface area (Å²) in [5, 5.41) is 11.4. The predicted octanol–water partition coefficient (Wildman–Crippen LogP) is 3.57. The Hall–Kier alpha value is -1.80. The fourth-order valence-corrected chi connectivity index (χ4v) is 1.65. The summed E-state index contributed by atoms with van der Waals surface area (Å²) in [5.41, 5.74) is -0.777. The molecule has 1 unspecified atom stereocenters. The maximum Gasteiger partial charge on any atom is 0.408 e. The lowest BCUT2D eigenvalue weighted by atomic mass is 10.1. The van der Waals surface area contributed by atoms with Gasteiger partial charge in [-0.25, -0.2) is 9.18 Å². The van der Waals surface area contributed by atoms with Crippen LogP contribution < -0.4 is 5.32 Å². The minimum absolute atomic E-state index is 0.0717. The number of rotatable bonds is 2. The average Bonchev–Trinajstić information content (AvgIpc) is 2.24. The van der Waals surface area contributed by atoms with Crippen LogP contribution in [0.15, 0.2) is 18.2 Å². The first-order chi connectivity index (χ1) is 8.74. The van der Waals surface area contributed by atoms with Crippen molar-refractivity contribution in [3.8, 4) is 6.07 Å². The van der Waals surface area contributed by atoms with Crippen LogP contribution in [0.4, 0.5) is 9.18 Å². The molecule has 1 aromatic rings. The first-order valence-electron chi connectivity index (χ1n) is 5.57. The molecule has 1 N–H and O–H groups in total. The molecule has 1 rings (SSSR count). The van der Waals surface area contributed by atoms with Crippen LogP contribution in [0.1, 0.15) is 32.4 Å². The second-order valence-electron chi connectivity index (χ2n) is 4.84. The fourth-order valence-electron chi connectivity index (χ4n) is 1.38. The second kappa shape index (κ2) is 5.89. The number of hydrogen-bond donors (Lipinski definition) is 1. The van der Waals surface area contributed by atoms with Gasteiger partial charge < -0.3 is 10.1 Å². The Morgan fingerprint density at radius 2 is 2.16 bits per heavy atom. The Bertz CT molecular complexity index is 500. The van der Waals surface area contributed by atoms with Crippen molar-refractivity contribution in [3.05, 3.63) is 34.6 Å². The van der Waals surface area contributed by atoms with E-state index in [1.807, 2.05) is 0 Å².